The number of alkyl halides is 3. The molecule has 1 aliphatic heterocycles. The van der Waals surface area contributed by atoms with Gasteiger partial charge in [-0.2, -0.15) is 13.2 Å². The van der Waals surface area contributed by atoms with Gasteiger partial charge in [-0.25, -0.2) is 0 Å². The van der Waals surface area contributed by atoms with Crippen molar-refractivity contribution in [1.29, 1.82) is 0 Å². The Bertz CT molecular complexity index is 573. The molecule has 1 aliphatic rings. The maximum Gasteiger partial charge on any atom is 0.416 e. The van der Waals surface area contributed by atoms with Crippen LogP contribution < -0.4 is 5.32 Å². The smallest absolute Gasteiger partial charge is 0.387 e. The third-order valence-corrected chi connectivity index (χ3v) is 4.02. The van der Waals surface area contributed by atoms with Crippen LogP contribution in [0.25, 0.3) is 0 Å². The van der Waals surface area contributed by atoms with E-state index in [-0.39, 0.29) is 24.8 Å². The number of nitrogens with one attached hydrogen (secondary N) is 1. The van der Waals surface area contributed by atoms with Crippen LogP contribution in [0.4, 0.5) is 13.2 Å². The van der Waals surface area contributed by atoms with Gasteiger partial charge in [0.05, 0.1) is 24.4 Å². The Morgan fingerprint density at radius 2 is 2.16 bits per heavy atom. The summed E-state index contributed by atoms with van der Waals surface area (Å²) in [6.45, 7) is 2.17. The van der Waals surface area contributed by atoms with Gasteiger partial charge in [-0.05, 0) is 31.4 Å². The van der Waals surface area contributed by atoms with E-state index >= 15 is 0 Å². The number of ether oxygens (including phenoxy) is 2. The largest absolute Gasteiger partial charge is 0.416 e. The van der Waals surface area contributed by atoms with Gasteiger partial charge in [-0.1, -0.05) is 18.2 Å². The van der Waals surface area contributed by atoms with Crippen molar-refractivity contribution in [2.24, 2.45) is 0 Å². The third-order valence-electron chi connectivity index (χ3n) is 4.02. The summed E-state index contributed by atoms with van der Waals surface area (Å²) in [5, 5.41) is 12.4. The zero-order chi connectivity index (χ0) is 18.4. The molecule has 3 atom stereocenters. The topological polar surface area (TPSA) is 67.8 Å². The standard InChI is InChI=1S/C17H22F3NO4/c1-11(25-10-12-5-4-8-24-12)16(23)21-9-15(22)13-6-2-3-7-14(13)17(18,19)20/h2-3,6-7,11-12,15,22H,4-5,8-10H2,1H3,(H,21,23). The highest BCUT2D eigenvalue weighted by Gasteiger charge is 2.34. The SMILES string of the molecule is CC(OCC1CCCO1)C(=O)NCC(O)c1ccccc1C(F)(F)F. The highest BCUT2D eigenvalue weighted by molar-refractivity contribution is 5.80. The van der Waals surface area contributed by atoms with Gasteiger partial charge in [0.15, 0.2) is 0 Å². The molecule has 1 fully saturated rings. The summed E-state index contributed by atoms with van der Waals surface area (Å²) in [4.78, 5) is 12.0. The lowest BCUT2D eigenvalue weighted by Gasteiger charge is -2.20. The monoisotopic (exact) mass is 361 g/mol. The summed E-state index contributed by atoms with van der Waals surface area (Å²) < 4.78 is 49.6. The normalized spacial score (nSPS) is 20.3. The fourth-order valence-electron chi connectivity index (χ4n) is 2.60. The number of carbonyl (C=O) groups excluding carboxylic acids is 1. The van der Waals surface area contributed by atoms with Gasteiger partial charge < -0.3 is 19.9 Å². The molecule has 1 heterocycles. The van der Waals surface area contributed by atoms with Crippen molar-refractivity contribution in [2.75, 3.05) is 19.8 Å². The first kappa shape index (κ1) is 19.7. The van der Waals surface area contributed by atoms with Crippen LogP contribution in [-0.4, -0.2) is 43.0 Å². The second-order valence-electron chi connectivity index (χ2n) is 5.96. The van der Waals surface area contributed by atoms with E-state index in [0.29, 0.717) is 6.61 Å². The van der Waals surface area contributed by atoms with Crippen LogP contribution in [0, 0.1) is 0 Å². The van der Waals surface area contributed by atoms with Crippen molar-refractivity contribution in [3.05, 3.63) is 35.4 Å². The molecule has 2 rings (SSSR count). The summed E-state index contributed by atoms with van der Waals surface area (Å²) in [7, 11) is 0. The van der Waals surface area contributed by atoms with Crippen molar-refractivity contribution in [3.8, 4) is 0 Å². The van der Waals surface area contributed by atoms with E-state index < -0.39 is 29.9 Å². The van der Waals surface area contributed by atoms with Crippen molar-refractivity contribution >= 4 is 5.91 Å². The molecule has 0 bridgehead atoms. The van der Waals surface area contributed by atoms with Gasteiger partial charge in [-0.15, -0.1) is 0 Å². The minimum atomic E-state index is -4.57. The number of benzene rings is 1. The predicted molar refractivity (Wildman–Crippen MR) is 83.8 cm³/mol. The molecule has 1 aromatic rings. The van der Waals surface area contributed by atoms with Crippen molar-refractivity contribution < 1.29 is 32.5 Å². The van der Waals surface area contributed by atoms with Gasteiger partial charge in [0.25, 0.3) is 0 Å². The number of amides is 1. The number of carbonyl (C=O) groups is 1. The van der Waals surface area contributed by atoms with Crippen molar-refractivity contribution in [2.45, 2.75) is 44.3 Å². The molecule has 0 aromatic heterocycles. The van der Waals surface area contributed by atoms with Crippen molar-refractivity contribution in [3.63, 3.8) is 0 Å². The molecular formula is C17H22F3NO4. The third kappa shape index (κ3) is 5.69. The lowest BCUT2D eigenvalue weighted by atomic mass is 10.0. The Morgan fingerprint density at radius 1 is 1.44 bits per heavy atom. The Balaban J connectivity index is 1.84. The Hall–Kier alpha value is -1.64. The van der Waals surface area contributed by atoms with E-state index in [1.807, 2.05) is 0 Å². The molecule has 0 saturated carbocycles. The highest BCUT2D eigenvalue weighted by atomic mass is 19.4. The van der Waals surface area contributed by atoms with E-state index in [2.05, 4.69) is 5.32 Å². The maximum absolute atomic E-state index is 13.0. The van der Waals surface area contributed by atoms with E-state index in [9.17, 15) is 23.1 Å². The van der Waals surface area contributed by atoms with E-state index in [4.69, 9.17) is 9.47 Å². The van der Waals surface area contributed by atoms with Gasteiger partial charge in [0, 0.05) is 13.2 Å². The number of aliphatic hydroxyl groups is 1. The van der Waals surface area contributed by atoms with Crippen LogP contribution in [0.2, 0.25) is 0 Å². The molecular weight excluding hydrogens is 339 g/mol. The molecule has 0 radical (unpaired) electrons. The molecule has 1 amide bonds. The molecule has 0 aliphatic carbocycles. The first-order valence-electron chi connectivity index (χ1n) is 8.14. The Morgan fingerprint density at radius 3 is 2.80 bits per heavy atom. The van der Waals surface area contributed by atoms with E-state index in [1.54, 1.807) is 6.92 Å². The number of halogens is 3. The lowest BCUT2D eigenvalue weighted by molar-refractivity contribution is -0.139. The first-order valence-corrected chi connectivity index (χ1v) is 8.14. The fourth-order valence-corrected chi connectivity index (χ4v) is 2.60. The molecule has 8 heteroatoms. The van der Waals surface area contributed by atoms with Crippen LogP contribution in [0.5, 0.6) is 0 Å². The van der Waals surface area contributed by atoms with E-state index in [0.717, 1.165) is 18.9 Å². The van der Waals surface area contributed by atoms with Gasteiger partial charge in [0.2, 0.25) is 5.91 Å². The number of aliphatic hydroxyl groups excluding tert-OH is 1. The van der Waals surface area contributed by atoms with Crippen LogP contribution >= 0.6 is 0 Å². The van der Waals surface area contributed by atoms with Crippen molar-refractivity contribution in [1.82, 2.24) is 5.32 Å². The van der Waals surface area contributed by atoms with E-state index in [1.165, 1.54) is 18.2 Å². The lowest BCUT2D eigenvalue weighted by Crippen LogP contribution is -2.38. The first-order chi connectivity index (χ1) is 11.8. The minimum absolute atomic E-state index is 0.0282. The molecule has 3 unspecified atom stereocenters. The summed E-state index contributed by atoms with van der Waals surface area (Å²) >= 11 is 0. The van der Waals surface area contributed by atoms with Crippen LogP contribution in [0.3, 0.4) is 0 Å². The summed E-state index contributed by atoms with van der Waals surface area (Å²) in [5.41, 5.74) is -1.19. The van der Waals surface area contributed by atoms with Crippen LogP contribution in [0.1, 0.15) is 37.0 Å². The molecule has 0 spiro atoms. The molecule has 1 saturated heterocycles. The average Bonchev–Trinajstić information content (AvgIpc) is 3.10. The number of hydrogen-bond donors (Lipinski definition) is 2. The van der Waals surface area contributed by atoms with Crippen LogP contribution in [0.15, 0.2) is 24.3 Å². The predicted octanol–water partition coefficient (Wildman–Crippen LogP) is 2.44. The Kier molecular flexibility index (Phi) is 6.80. The maximum atomic E-state index is 13.0. The number of rotatable bonds is 7. The van der Waals surface area contributed by atoms with Gasteiger partial charge in [-0.3, -0.25) is 4.79 Å². The number of hydrogen-bond acceptors (Lipinski definition) is 4. The quantitative estimate of drug-likeness (QED) is 0.783. The minimum Gasteiger partial charge on any atom is -0.387 e. The molecule has 2 N–H and O–H groups in total. The molecule has 25 heavy (non-hydrogen) atoms. The molecule has 1 aromatic carbocycles. The zero-order valence-corrected chi connectivity index (χ0v) is 13.9. The molecule has 140 valence electrons. The zero-order valence-electron chi connectivity index (χ0n) is 13.9. The summed E-state index contributed by atoms with van der Waals surface area (Å²) in [6, 6.07) is 4.74. The average molecular weight is 361 g/mol. The molecule has 5 nitrogen and oxygen atoms in total. The summed E-state index contributed by atoms with van der Waals surface area (Å²) in [6.07, 6.45) is -5.01. The summed E-state index contributed by atoms with van der Waals surface area (Å²) in [5.74, 6) is -0.499. The van der Waals surface area contributed by atoms with Gasteiger partial charge in [0.1, 0.15) is 6.10 Å². The van der Waals surface area contributed by atoms with Crippen LogP contribution in [-0.2, 0) is 20.4 Å². The second-order valence-corrected chi connectivity index (χ2v) is 5.96. The fraction of sp³-hybridized carbons (Fsp3) is 0.588. The Labute approximate surface area is 144 Å². The second kappa shape index (κ2) is 8.64. The highest BCUT2D eigenvalue weighted by Crippen LogP contribution is 2.34. The van der Waals surface area contributed by atoms with Gasteiger partial charge >= 0.3 is 6.18 Å².